The number of nitrogens with one attached hydrogen (secondary N) is 1. The van der Waals surface area contributed by atoms with Crippen molar-refractivity contribution < 1.29 is 18.0 Å². The minimum absolute atomic E-state index is 0.0345. The number of benzene rings is 1. The monoisotopic (exact) mass is 377 g/mol. The first-order valence-corrected chi connectivity index (χ1v) is 8.89. The fourth-order valence-electron chi connectivity index (χ4n) is 2.68. The number of hydrogen-bond donors (Lipinski definition) is 1. The summed E-state index contributed by atoms with van der Waals surface area (Å²) in [6, 6.07) is 7.38. The minimum Gasteiger partial charge on any atom is -0.322 e. The smallest absolute Gasteiger partial charge is 0.322 e. The summed E-state index contributed by atoms with van der Waals surface area (Å²) in [6.07, 6.45) is -2.19. The maximum atomic E-state index is 12.7. The summed E-state index contributed by atoms with van der Waals surface area (Å²) in [5.74, 6) is 0.0707. The van der Waals surface area contributed by atoms with Crippen LogP contribution in [0.2, 0.25) is 0 Å². The highest BCUT2D eigenvalue weighted by Crippen LogP contribution is 2.43. The van der Waals surface area contributed by atoms with Crippen molar-refractivity contribution in [2.45, 2.75) is 31.9 Å². The molecule has 1 aliphatic carbocycles. The number of rotatable bonds is 3. The zero-order valence-electron chi connectivity index (χ0n) is 13.7. The predicted molar refractivity (Wildman–Crippen MR) is 93.5 cm³/mol. The third-order valence-corrected chi connectivity index (χ3v) is 5.39. The molecule has 26 heavy (non-hydrogen) atoms. The standard InChI is InChI=1S/C18H14F3N3OS/c1-9-12(5-7-15(22-9)18(19,20)21)16(25)23-11-4-6-13-14(8-11)26-17(24-13)10-2-3-10/h4-8,10H,2-3H2,1H3,(H,23,25). The van der Waals surface area contributed by atoms with Crippen LogP contribution in [0.15, 0.2) is 30.3 Å². The minimum atomic E-state index is -4.53. The van der Waals surface area contributed by atoms with Gasteiger partial charge in [-0.05, 0) is 50.1 Å². The fourth-order valence-corrected chi connectivity index (χ4v) is 3.86. The summed E-state index contributed by atoms with van der Waals surface area (Å²) in [7, 11) is 0. The maximum Gasteiger partial charge on any atom is 0.433 e. The zero-order chi connectivity index (χ0) is 18.5. The van der Waals surface area contributed by atoms with Gasteiger partial charge in [0.2, 0.25) is 0 Å². The van der Waals surface area contributed by atoms with Crippen molar-refractivity contribution in [2.75, 3.05) is 5.32 Å². The van der Waals surface area contributed by atoms with Crippen LogP contribution in [0.25, 0.3) is 10.2 Å². The molecule has 1 amide bonds. The summed E-state index contributed by atoms with van der Waals surface area (Å²) in [6.45, 7) is 1.39. The maximum absolute atomic E-state index is 12.7. The molecule has 0 unspecified atom stereocenters. The zero-order valence-corrected chi connectivity index (χ0v) is 14.5. The number of nitrogens with zero attached hydrogens (tertiary/aromatic N) is 2. The Hall–Kier alpha value is -2.48. The summed E-state index contributed by atoms with van der Waals surface area (Å²) >= 11 is 1.61. The second kappa shape index (κ2) is 6.05. The van der Waals surface area contributed by atoms with Crippen molar-refractivity contribution in [3.8, 4) is 0 Å². The van der Waals surface area contributed by atoms with Gasteiger partial charge in [0.05, 0.1) is 26.5 Å². The Bertz CT molecular complexity index is 1010. The number of carbonyl (C=O) groups excluding carboxylic acids is 1. The number of amides is 1. The third kappa shape index (κ3) is 3.29. The Balaban J connectivity index is 1.56. The lowest BCUT2D eigenvalue weighted by atomic mass is 10.1. The Morgan fingerprint density at radius 2 is 1.96 bits per heavy atom. The number of aromatic nitrogens is 2. The van der Waals surface area contributed by atoms with Gasteiger partial charge in [0.15, 0.2) is 0 Å². The number of aryl methyl sites for hydroxylation is 1. The first kappa shape index (κ1) is 17.0. The van der Waals surface area contributed by atoms with Gasteiger partial charge in [-0.1, -0.05) is 0 Å². The van der Waals surface area contributed by atoms with E-state index in [1.807, 2.05) is 12.1 Å². The van der Waals surface area contributed by atoms with Crippen molar-refractivity contribution in [1.29, 1.82) is 0 Å². The summed E-state index contributed by atoms with van der Waals surface area (Å²) in [5, 5.41) is 3.84. The molecule has 1 N–H and O–H groups in total. The molecule has 134 valence electrons. The van der Waals surface area contributed by atoms with E-state index in [2.05, 4.69) is 15.3 Å². The van der Waals surface area contributed by atoms with Crippen LogP contribution in [-0.2, 0) is 6.18 Å². The lowest BCUT2D eigenvalue weighted by Gasteiger charge is -2.10. The highest BCUT2D eigenvalue weighted by Gasteiger charge is 2.33. The van der Waals surface area contributed by atoms with E-state index in [-0.39, 0.29) is 11.3 Å². The van der Waals surface area contributed by atoms with Gasteiger partial charge in [-0.15, -0.1) is 11.3 Å². The molecule has 2 heterocycles. The highest BCUT2D eigenvalue weighted by molar-refractivity contribution is 7.18. The number of hydrogen-bond acceptors (Lipinski definition) is 4. The fraction of sp³-hybridized carbons (Fsp3) is 0.278. The summed E-state index contributed by atoms with van der Waals surface area (Å²) < 4.78 is 39.1. The van der Waals surface area contributed by atoms with E-state index in [1.165, 1.54) is 19.8 Å². The number of pyridine rings is 1. The average molecular weight is 377 g/mol. The molecule has 1 fully saturated rings. The molecule has 3 aromatic rings. The van der Waals surface area contributed by atoms with Crippen LogP contribution >= 0.6 is 11.3 Å². The van der Waals surface area contributed by atoms with E-state index in [1.54, 1.807) is 17.4 Å². The van der Waals surface area contributed by atoms with Gasteiger partial charge >= 0.3 is 6.18 Å². The molecule has 0 spiro atoms. The van der Waals surface area contributed by atoms with Crippen molar-refractivity contribution >= 4 is 33.1 Å². The normalized spacial score (nSPS) is 14.6. The first-order chi connectivity index (χ1) is 12.3. The van der Waals surface area contributed by atoms with Crippen LogP contribution in [0.1, 0.15) is 45.5 Å². The number of alkyl halides is 3. The number of thiazole rings is 1. The van der Waals surface area contributed by atoms with Crippen LogP contribution < -0.4 is 5.32 Å². The Morgan fingerprint density at radius 3 is 2.62 bits per heavy atom. The average Bonchev–Trinajstić information content (AvgIpc) is 3.33. The van der Waals surface area contributed by atoms with Crippen LogP contribution in [0, 0.1) is 6.92 Å². The molecule has 4 nitrogen and oxygen atoms in total. The van der Waals surface area contributed by atoms with Crippen LogP contribution in [-0.4, -0.2) is 15.9 Å². The van der Waals surface area contributed by atoms with E-state index in [4.69, 9.17) is 0 Å². The number of fused-ring (bicyclic) bond motifs is 1. The molecule has 0 aliphatic heterocycles. The van der Waals surface area contributed by atoms with Gasteiger partial charge in [0.1, 0.15) is 5.69 Å². The van der Waals surface area contributed by atoms with Gasteiger partial charge in [-0.25, -0.2) is 9.97 Å². The molecule has 1 aromatic carbocycles. The van der Waals surface area contributed by atoms with Crippen molar-refractivity contribution in [1.82, 2.24) is 9.97 Å². The van der Waals surface area contributed by atoms with Gasteiger partial charge in [0, 0.05) is 11.6 Å². The molecular weight excluding hydrogens is 363 g/mol. The Kier molecular flexibility index (Phi) is 3.95. The molecule has 4 rings (SSSR count). The molecule has 0 saturated heterocycles. The predicted octanol–water partition coefficient (Wildman–Crippen LogP) is 5.15. The summed E-state index contributed by atoms with van der Waals surface area (Å²) in [4.78, 5) is 20.5. The molecule has 8 heteroatoms. The van der Waals surface area contributed by atoms with E-state index in [9.17, 15) is 18.0 Å². The molecular formula is C18H14F3N3OS. The van der Waals surface area contributed by atoms with Crippen molar-refractivity contribution in [2.24, 2.45) is 0 Å². The van der Waals surface area contributed by atoms with Gasteiger partial charge in [-0.3, -0.25) is 4.79 Å². The van der Waals surface area contributed by atoms with Crippen molar-refractivity contribution in [3.63, 3.8) is 0 Å². The largest absolute Gasteiger partial charge is 0.433 e. The lowest BCUT2D eigenvalue weighted by molar-refractivity contribution is -0.141. The van der Waals surface area contributed by atoms with E-state index >= 15 is 0 Å². The highest BCUT2D eigenvalue weighted by atomic mass is 32.1. The lowest BCUT2D eigenvalue weighted by Crippen LogP contribution is -2.16. The molecule has 1 saturated carbocycles. The quantitative estimate of drug-likeness (QED) is 0.687. The van der Waals surface area contributed by atoms with Crippen LogP contribution in [0.3, 0.4) is 0 Å². The Labute approximate surface area is 151 Å². The number of carbonyl (C=O) groups is 1. The van der Waals surface area contributed by atoms with Gasteiger partial charge < -0.3 is 5.32 Å². The van der Waals surface area contributed by atoms with Crippen molar-refractivity contribution in [3.05, 3.63) is 52.3 Å². The number of halogens is 3. The second-order valence-corrected chi connectivity index (χ2v) is 7.35. The van der Waals surface area contributed by atoms with Gasteiger partial charge in [0.25, 0.3) is 5.91 Å². The number of anilines is 1. The molecule has 0 bridgehead atoms. The van der Waals surface area contributed by atoms with Crippen LogP contribution in [0.4, 0.5) is 18.9 Å². The topological polar surface area (TPSA) is 54.9 Å². The van der Waals surface area contributed by atoms with Gasteiger partial charge in [-0.2, -0.15) is 13.2 Å². The third-order valence-electron chi connectivity index (χ3n) is 4.21. The first-order valence-electron chi connectivity index (χ1n) is 8.08. The SMILES string of the molecule is Cc1nc(C(F)(F)F)ccc1C(=O)Nc1ccc2nc(C3CC3)sc2c1. The summed E-state index contributed by atoms with van der Waals surface area (Å²) in [5.41, 5.74) is 0.605. The molecule has 0 radical (unpaired) electrons. The Morgan fingerprint density at radius 1 is 1.19 bits per heavy atom. The molecule has 2 aromatic heterocycles. The van der Waals surface area contributed by atoms with E-state index < -0.39 is 17.8 Å². The molecule has 0 atom stereocenters. The molecule has 1 aliphatic rings. The van der Waals surface area contributed by atoms with E-state index in [0.29, 0.717) is 11.6 Å². The van der Waals surface area contributed by atoms with Crippen LogP contribution in [0.5, 0.6) is 0 Å². The second-order valence-electron chi connectivity index (χ2n) is 6.29. The van der Waals surface area contributed by atoms with E-state index in [0.717, 1.165) is 27.4 Å².